The quantitative estimate of drug-likeness (QED) is 0.222. The molecule has 2 aromatic heterocycles. The Kier molecular flexibility index (Phi) is 7.03. The number of imidazole rings is 1. The molecule has 34 heavy (non-hydrogen) atoms. The van der Waals surface area contributed by atoms with Crippen LogP contribution in [0.15, 0.2) is 12.7 Å². The Balaban J connectivity index is 2.30. The molecular weight excluding hydrogens is 548 g/mol. The fraction of sp³-hybridized carbons (Fsp3) is 0.643. The first-order chi connectivity index (χ1) is 15.3. The maximum absolute atomic E-state index is 11.9. The lowest BCUT2D eigenvalue weighted by molar-refractivity contribution is -0.286. The van der Waals surface area contributed by atoms with Crippen LogP contribution in [0, 0.1) is 0 Å². The molecule has 1 aliphatic carbocycles. The van der Waals surface area contributed by atoms with E-state index in [1.54, 1.807) is 0 Å². The van der Waals surface area contributed by atoms with Crippen molar-refractivity contribution < 1.29 is 53.1 Å². The van der Waals surface area contributed by atoms with Gasteiger partial charge >= 0.3 is 0 Å². The van der Waals surface area contributed by atoms with Gasteiger partial charge in [-0.3, -0.25) is 17.1 Å². The highest BCUT2D eigenvalue weighted by Gasteiger charge is 2.64. The van der Waals surface area contributed by atoms with Crippen molar-refractivity contribution in [1.29, 1.82) is 0 Å². The first-order valence-corrected chi connectivity index (χ1v) is 14.7. The highest BCUT2D eigenvalue weighted by molar-refractivity contribution is 7.86. The molecule has 2 unspecified atom stereocenters. The smallest absolute Gasteiger partial charge is 0.264 e. The number of hydrogen-bond donors (Lipinski definition) is 3. The van der Waals surface area contributed by atoms with Gasteiger partial charge in [0.25, 0.3) is 30.4 Å². The summed E-state index contributed by atoms with van der Waals surface area (Å²) < 4.78 is 86.1. The van der Waals surface area contributed by atoms with Crippen molar-refractivity contribution in [3.8, 4) is 0 Å². The number of hydrogen-bond acceptors (Lipinski definition) is 15. The molecule has 1 saturated carbocycles. The lowest BCUT2D eigenvalue weighted by Gasteiger charge is -2.50. The van der Waals surface area contributed by atoms with E-state index in [-0.39, 0.29) is 16.3 Å². The van der Waals surface area contributed by atoms with E-state index in [4.69, 9.17) is 24.2 Å². The first-order valence-electron chi connectivity index (χ1n) is 8.92. The van der Waals surface area contributed by atoms with Gasteiger partial charge in [0, 0.05) is 0 Å². The van der Waals surface area contributed by atoms with Gasteiger partial charge in [-0.1, -0.05) is 11.6 Å². The molecule has 6 atom stereocenters. The summed E-state index contributed by atoms with van der Waals surface area (Å²) in [7, 11) is -13.5. The van der Waals surface area contributed by atoms with E-state index in [1.165, 1.54) is 0 Å². The molecule has 0 radical (unpaired) electrons. The maximum Gasteiger partial charge on any atom is 0.264 e. The lowest BCUT2D eigenvalue weighted by atomic mass is 9.80. The average molecular weight is 567 g/mol. The van der Waals surface area contributed by atoms with Crippen LogP contribution in [0.5, 0.6) is 0 Å². The number of aliphatic hydroxyl groups excluding tert-OH is 2. The number of fused-ring (bicyclic) bond motifs is 1. The van der Waals surface area contributed by atoms with Gasteiger partial charge in [0.2, 0.25) is 5.72 Å². The summed E-state index contributed by atoms with van der Waals surface area (Å²) in [5.74, 6) is 0. The molecule has 0 bridgehead atoms. The second kappa shape index (κ2) is 8.84. The van der Waals surface area contributed by atoms with Crippen molar-refractivity contribution in [2.24, 2.45) is 0 Å². The van der Waals surface area contributed by atoms with E-state index in [9.17, 15) is 40.6 Å². The molecule has 2 heterocycles. The zero-order chi connectivity index (χ0) is 25.9. The number of nitrogens with zero attached hydrogens (tertiary/aromatic N) is 4. The molecule has 16 nitrogen and oxygen atoms in total. The van der Waals surface area contributed by atoms with Gasteiger partial charge in [-0.15, -0.1) is 0 Å². The van der Waals surface area contributed by atoms with Crippen LogP contribution in [0.2, 0.25) is 5.15 Å². The minimum Gasteiger partial charge on any atom is -0.385 e. The second-order valence-corrected chi connectivity index (χ2v) is 12.6. The monoisotopic (exact) mass is 566 g/mol. The Labute approximate surface area is 198 Å². The molecule has 0 amide bonds. The van der Waals surface area contributed by atoms with E-state index in [0.717, 1.165) is 12.7 Å². The Morgan fingerprint density at radius 2 is 1.29 bits per heavy atom. The number of halogens is 1. The number of rotatable bonds is 7. The summed E-state index contributed by atoms with van der Waals surface area (Å²) in [4.78, 5) is 11.4. The van der Waals surface area contributed by atoms with E-state index in [2.05, 4.69) is 15.0 Å². The van der Waals surface area contributed by atoms with Gasteiger partial charge in [0.1, 0.15) is 42.4 Å². The molecule has 20 heteroatoms. The van der Waals surface area contributed by atoms with Gasteiger partial charge in [-0.05, 0) is 0 Å². The topological polar surface area (TPSA) is 234 Å². The van der Waals surface area contributed by atoms with Crippen molar-refractivity contribution in [2.75, 3.05) is 18.8 Å². The van der Waals surface area contributed by atoms with Crippen molar-refractivity contribution in [2.45, 2.75) is 36.2 Å². The molecule has 0 aliphatic heterocycles. The van der Waals surface area contributed by atoms with Gasteiger partial charge in [0.15, 0.2) is 10.8 Å². The summed E-state index contributed by atoms with van der Waals surface area (Å²) in [5, 5.41) is 33.3. The summed E-state index contributed by atoms with van der Waals surface area (Å²) in [6.45, 7) is 0. The van der Waals surface area contributed by atoms with Gasteiger partial charge in [-0.25, -0.2) is 15.0 Å². The lowest BCUT2D eigenvalue weighted by Crippen LogP contribution is -2.72. The third-order valence-corrected chi connectivity index (χ3v) is 6.67. The van der Waals surface area contributed by atoms with Crippen molar-refractivity contribution in [1.82, 2.24) is 19.5 Å². The van der Waals surface area contributed by atoms with E-state index >= 15 is 0 Å². The molecule has 0 aromatic carbocycles. The molecule has 0 spiro atoms. The van der Waals surface area contributed by atoms with Gasteiger partial charge < -0.3 is 15.3 Å². The summed E-state index contributed by atoms with van der Waals surface area (Å²) in [6, 6.07) is 0. The largest absolute Gasteiger partial charge is 0.385 e. The van der Waals surface area contributed by atoms with Gasteiger partial charge in [-0.2, -0.15) is 25.3 Å². The number of aliphatic hydroxyl groups is 3. The minimum atomic E-state index is -4.50. The van der Waals surface area contributed by atoms with Crippen LogP contribution in [0.3, 0.4) is 0 Å². The van der Waals surface area contributed by atoms with Crippen LogP contribution in [0.1, 0.15) is 0 Å². The SMILES string of the molecule is CS(=O)(=O)OC1[C@@H](OS(C)(=O)=O)[C@@H](O)C(O)(n2cnc3c(Cl)ncnc32)[C@@H](O)[C@H]1OS(C)(=O)=O. The third kappa shape index (κ3) is 5.32. The standard InChI is InChI=1S/C14H19ClN4O12S3/c1-32(23,24)29-7-8(30-33(2,25)26)10(20)14(22,11(21)9(7)31-34(3,27)28)19-5-18-6-12(15)16-4-17-13(6)19/h4-5,7-11,20-22H,1-3H3/t7?,8-,9+,10-,11+,14?. The Bertz CT molecular complexity index is 1360. The van der Waals surface area contributed by atoms with E-state index in [1.807, 2.05) is 0 Å². The average Bonchev–Trinajstić information content (AvgIpc) is 3.10. The van der Waals surface area contributed by atoms with Crippen LogP contribution in [0.25, 0.3) is 11.2 Å². The maximum atomic E-state index is 11.9. The highest BCUT2D eigenvalue weighted by Crippen LogP contribution is 2.41. The van der Waals surface area contributed by atoms with Gasteiger partial charge in [0.05, 0.1) is 25.1 Å². The van der Waals surface area contributed by atoms with Crippen LogP contribution in [-0.4, -0.2) is 109 Å². The van der Waals surface area contributed by atoms with Crippen molar-refractivity contribution >= 4 is 53.1 Å². The Morgan fingerprint density at radius 3 is 1.74 bits per heavy atom. The zero-order valence-corrected chi connectivity index (χ0v) is 20.7. The second-order valence-electron chi connectivity index (χ2n) is 7.42. The third-order valence-electron chi connectivity index (χ3n) is 4.67. The molecule has 1 fully saturated rings. The van der Waals surface area contributed by atoms with Crippen LogP contribution < -0.4 is 0 Å². The molecule has 192 valence electrons. The van der Waals surface area contributed by atoms with Crippen LogP contribution in [-0.2, 0) is 48.6 Å². The molecule has 1 aliphatic rings. The molecule has 3 N–H and O–H groups in total. The fourth-order valence-corrected chi connectivity index (χ4v) is 5.52. The predicted molar refractivity (Wildman–Crippen MR) is 112 cm³/mol. The van der Waals surface area contributed by atoms with E-state index < -0.39 is 66.6 Å². The highest BCUT2D eigenvalue weighted by atomic mass is 35.5. The predicted octanol–water partition coefficient (Wildman–Crippen LogP) is -3.11. The molecule has 3 rings (SSSR count). The zero-order valence-electron chi connectivity index (χ0n) is 17.4. The van der Waals surface area contributed by atoms with Crippen molar-refractivity contribution in [3.05, 3.63) is 17.8 Å². The summed E-state index contributed by atoms with van der Waals surface area (Å²) >= 11 is 5.93. The van der Waals surface area contributed by atoms with E-state index in [0.29, 0.717) is 23.3 Å². The Morgan fingerprint density at radius 1 is 0.853 bits per heavy atom. The van der Waals surface area contributed by atoms with Crippen molar-refractivity contribution in [3.63, 3.8) is 0 Å². The molecular formula is C14H19ClN4O12S3. The number of aromatic nitrogens is 4. The molecule has 2 aromatic rings. The Hall–Kier alpha value is -1.55. The van der Waals surface area contributed by atoms with Crippen LogP contribution in [0.4, 0.5) is 0 Å². The fourth-order valence-electron chi connectivity index (χ4n) is 3.49. The molecule has 0 saturated heterocycles. The minimum absolute atomic E-state index is 0.118. The normalized spacial score (nSPS) is 31.1. The summed E-state index contributed by atoms with van der Waals surface area (Å²) in [6.07, 6.45) is -8.51. The van der Waals surface area contributed by atoms with Crippen LogP contribution >= 0.6 is 11.6 Å². The first kappa shape index (κ1) is 27.0. The summed E-state index contributed by atoms with van der Waals surface area (Å²) in [5.41, 5.74) is -3.46.